The van der Waals surface area contributed by atoms with Gasteiger partial charge in [-0.1, -0.05) is 12.6 Å². The van der Waals surface area contributed by atoms with Crippen molar-refractivity contribution in [2.24, 2.45) is 4.99 Å². The molecule has 1 N–H and O–H groups in total. The maximum atomic E-state index is 11.8. The second-order valence-electron chi connectivity index (χ2n) is 5.41. The van der Waals surface area contributed by atoms with Crippen molar-refractivity contribution < 1.29 is 9.90 Å². The molecule has 0 spiro atoms. The lowest BCUT2D eigenvalue weighted by Crippen LogP contribution is -2.52. The summed E-state index contributed by atoms with van der Waals surface area (Å²) < 4.78 is 0.682. The normalized spacial score (nSPS) is 23.0. The van der Waals surface area contributed by atoms with Crippen LogP contribution in [0, 0.1) is 0 Å². The number of carbonyl (C=O) groups is 1. The van der Waals surface area contributed by atoms with Gasteiger partial charge in [0.2, 0.25) is 0 Å². The molecule has 1 aromatic carbocycles. The molecular weight excluding hydrogens is 346 g/mol. The van der Waals surface area contributed by atoms with E-state index in [4.69, 9.17) is 0 Å². The molecule has 0 saturated heterocycles. The smallest absolute Gasteiger partial charge is 0.178 e. The van der Waals surface area contributed by atoms with E-state index < -0.39 is 8.07 Å². The van der Waals surface area contributed by atoms with E-state index in [1.165, 1.54) is 0 Å². The quantitative estimate of drug-likeness (QED) is 0.500. The number of fused-ring (bicyclic) bond motifs is 2. The topological polar surface area (TPSA) is 49.7 Å². The Labute approximate surface area is 132 Å². The average molecular weight is 360 g/mol. The van der Waals surface area contributed by atoms with Crippen LogP contribution in [-0.2, 0) is 4.79 Å². The second-order valence-corrected chi connectivity index (χ2v) is 10.3. The van der Waals surface area contributed by atoms with E-state index in [-0.39, 0.29) is 11.5 Å². The highest BCUT2D eigenvalue weighted by Crippen LogP contribution is 2.38. The fourth-order valence-corrected chi connectivity index (χ4v) is 8.39. The Morgan fingerprint density at radius 1 is 1.43 bits per heavy atom. The number of halogens is 1. The molecule has 1 aliphatic heterocycles. The molecule has 0 radical (unpaired) electrons. The van der Waals surface area contributed by atoms with E-state index in [0.29, 0.717) is 4.47 Å². The Hall–Kier alpha value is -1.72. The van der Waals surface area contributed by atoms with E-state index in [1.807, 2.05) is 12.1 Å². The molecular formula is C16H14BrNO2Si. The van der Waals surface area contributed by atoms with Crippen LogP contribution in [0.5, 0.6) is 5.75 Å². The van der Waals surface area contributed by atoms with E-state index in [1.54, 1.807) is 24.3 Å². The number of benzene rings is 1. The molecule has 21 heavy (non-hydrogen) atoms. The molecule has 0 aromatic heterocycles. The molecule has 1 unspecified atom stereocenters. The van der Waals surface area contributed by atoms with Crippen LogP contribution >= 0.6 is 15.9 Å². The number of hydrogen-bond donors (Lipinski definition) is 1. The predicted molar refractivity (Wildman–Crippen MR) is 91.4 cm³/mol. The minimum absolute atomic E-state index is 0.00790. The molecule has 1 aliphatic carbocycles. The van der Waals surface area contributed by atoms with Crippen molar-refractivity contribution in [1.82, 2.24) is 0 Å². The van der Waals surface area contributed by atoms with Crippen molar-refractivity contribution in [3.8, 4) is 5.75 Å². The average Bonchev–Trinajstić information content (AvgIpc) is 2.44. The van der Waals surface area contributed by atoms with Crippen LogP contribution in [0.25, 0.3) is 0 Å². The summed E-state index contributed by atoms with van der Waals surface area (Å²) in [6.07, 6.45) is 6.91. The highest BCUT2D eigenvalue weighted by molar-refractivity contribution is 9.10. The van der Waals surface area contributed by atoms with Crippen molar-refractivity contribution in [2.45, 2.75) is 12.6 Å². The Kier molecular flexibility index (Phi) is 3.34. The minimum Gasteiger partial charge on any atom is -0.507 e. The number of carbonyl (C=O) groups excluding carboxylic acids is 1. The van der Waals surface area contributed by atoms with Gasteiger partial charge in [0.1, 0.15) is 13.8 Å². The van der Waals surface area contributed by atoms with E-state index in [9.17, 15) is 9.90 Å². The van der Waals surface area contributed by atoms with Crippen LogP contribution in [0.2, 0.25) is 12.6 Å². The van der Waals surface area contributed by atoms with Crippen LogP contribution in [0.4, 0.5) is 5.69 Å². The molecule has 5 heteroatoms. The van der Waals surface area contributed by atoms with Crippen LogP contribution < -0.4 is 5.19 Å². The first kappa shape index (κ1) is 14.2. The van der Waals surface area contributed by atoms with Crippen molar-refractivity contribution in [2.75, 3.05) is 0 Å². The molecule has 1 atom stereocenters. The van der Waals surface area contributed by atoms with Gasteiger partial charge in [-0.25, -0.2) is 4.99 Å². The van der Waals surface area contributed by atoms with Gasteiger partial charge in [-0.15, -0.1) is 6.58 Å². The van der Waals surface area contributed by atoms with Crippen molar-refractivity contribution in [3.05, 3.63) is 52.7 Å². The minimum atomic E-state index is -2.20. The number of phenols is 1. The third-order valence-corrected chi connectivity index (χ3v) is 9.48. The molecule has 1 aromatic rings. The van der Waals surface area contributed by atoms with Gasteiger partial charge in [0.25, 0.3) is 0 Å². The van der Waals surface area contributed by atoms with Crippen molar-refractivity contribution in [1.29, 1.82) is 0 Å². The van der Waals surface area contributed by atoms with Gasteiger partial charge < -0.3 is 5.11 Å². The predicted octanol–water partition coefficient (Wildman–Crippen LogP) is 3.32. The van der Waals surface area contributed by atoms with Crippen LogP contribution in [0.1, 0.15) is 0 Å². The largest absolute Gasteiger partial charge is 0.507 e. The molecule has 1 heterocycles. The van der Waals surface area contributed by atoms with Crippen LogP contribution in [0.3, 0.4) is 0 Å². The zero-order chi connectivity index (χ0) is 15.2. The summed E-state index contributed by atoms with van der Waals surface area (Å²) in [5.74, 6) is 0.194. The third kappa shape index (κ3) is 2.08. The molecule has 3 nitrogen and oxygen atoms in total. The summed E-state index contributed by atoms with van der Waals surface area (Å²) in [6.45, 7) is 6.05. The number of rotatable bonds is 2. The van der Waals surface area contributed by atoms with Gasteiger partial charge in [0, 0.05) is 0 Å². The summed E-state index contributed by atoms with van der Waals surface area (Å²) in [5, 5.41) is 12.1. The molecule has 0 bridgehead atoms. The van der Waals surface area contributed by atoms with E-state index in [0.717, 1.165) is 27.8 Å². The Bertz CT molecular complexity index is 764. The number of aliphatic imine (C=N–C) groups is 1. The van der Waals surface area contributed by atoms with E-state index in [2.05, 4.69) is 34.0 Å². The monoisotopic (exact) mass is 359 g/mol. The standard InChI is InChI=1S/C16H14BrNO2Si/c1-3-8-21(2)14-9-10(19)4-5-11(14)18-12-6-7-13(20)15(17)16(12)21/h3-7,9,20H,1,8H2,2H3. The number of phenolic OH excluding ortho intramolecular Hbond substituents is 1. The maximum Gasteiger partial charge on any atom is 0.178 e. The molecule has 106 valence electrons. The summed E-state index contributed by atoms with van der Waals surface area (Å²) in [6, 6.07) is 4.26. The van der Waals surface area contributed by atoms with Crippen molar-refractivity contribution in [3.63, 3.8) is 0 Å². The number of hydrogen-bond acceptors (Lipinski definition) is 3. The number of allylic oxidation sites excluding steroid dienone is 5. The maximum absolute atomic E-state index is 11.8. The van der Waals surface area contributed by atoms with Crippen LogP contribution in [-0.4, -0.2) is 24.7 Å². The summed E-state index contributed by atoms with van der Waals surface area (Å²) in [4.78, 5) is 16.4. The fourth-order valence-electron chi connectivity index (χ4n) is 2.99. The highest BCUT2D eigenvalue weighted by Gasteiger charge is 2.42. The zero-order valence-corrected chi connectivity index (χ0v) is 14.1. The highest BCUT2D eigenvalue weighted by atomic mass is 79.9. The molecule has 3 rings (SSSR count). The van der Waals surface area contributed by atoms with Crippen molar-refractivity contribution >= 4 is 46.4 Å². The fraction of sp³-hybridized carbons (Fsp3) is 0.125. The number of nitrogens with zero attached hydrogens (tertiary/aromatic N) is 1. The molecule has 0 amide bonds. The molecule has 0 fully saturated rings. The summed E-state index contributed by atoms with van der Waals surface area (Å²) in [7, 11) is -2.20. The Balaban J connectivity index is 2.36. The Morgan fingerprint density at radius 2 is 2.19 bits per heavy atom. The molecule has 0 saturated carbocycles. The first-order chi connectivity index (χ1) is 9.97. The lowest BCUT2D eigenvalue weighted by molar-refractivity contribution is -0.110. The SMILES string of the molecule is C=CC[Si]1(C)C2=CC(=O)C=CC2=Nc2ccc(O)c(Br)c21. The lowest BCUT2D eigenvalue weighted by Gasteiger charge is -2.36. The Morgan fingerprint density at radius 3 is 2.90 bits per heavy atom. The van der Waals surface area contributed by atoms with Gasteiger partial charge in [-0.3, -0.25) is 4.79 Å². The molecule has 2 aliphatic rings. The van der Waals surface area contributed by atoms with Crippen LogP contribution in [0.15, 0.2) is 57.7 Å². The zero-order valence-electron chi connectivity index (χ0n) is 11.6. The number of aromatic hydroxyl groups is 1. The second kappa shape index (κ2) is 4.93. The number of ketones is 1. The summed E-state index contributed by atoms with van der Waals surface area (Å²) >= 11 is 3.49. The first-order valence-corrected chi connectivity index (χ1v) is 10.1. The van der Waals surface area contributed by atoms with E-state index >= 15 is 0 Å². The van der Waals surface area contributed by atoms with Gasteiger partial charge in [0.15, 0.2) is 5.78 Å². The first-order valence-electron chi connectivity index (χ1n) is 6.63. The third-order valence-electron chi connectivity index (χ3n) is 4.01. The lowest BCUT2D eigenvalue weighted by atomic mass is 10.1. The van der Waals surface area contributed by atoms with Gasteiger partial charge >= 0.3 is 0 Å². The van der Waals surface area contributed by atoms with Gasteiger partial charge in [-0.05, 0) is 62.7 Å². The van der Waals surface area contributed by atoms with Gasteiger partial charge in [-0.2, -0.15) is 0 Å². The van der Waals surface area contributed by atoms with Gasteiger partial charge in [0.05, 0.1) is 15.9 Å². The summed E-state index contributed by atoms with van der Waals surface area (Å²) in [5.41, 5.74) is 1.72.